The van der Waals surface area contributed by atoms with Crippen molar-refractivity contribution in [2.24, 2.45) is 10.7 Å². The number of nitrogens with zero attached hydrogens (tertiary/aromatic N) is 1. The molecule has 0 spiro atoms. The summed E-state index contributed by atoms with van der Waals surface area (Å²) in [6.07, 6.45) is 1.82. The van der Waals surface area contributed by atoms with Crippen molar-refractivity contribution in [3.8, 4) is 11.5 Å². The van der Waals surface area contributed by atoms with Gasteiger partial charge in [0, 0.05) is 19.7 Å². The topological polar surface area (TPSA) is 78.1 Å². The minimum Gasteiger partial charge on any atom is -0.493 e. The molecule has 0 aliphatic rings. The molecule has 0 saturated carbocycles. The van der Waals surface area contributed by atoms with E-state index in [1.54, 1.807) is 21.3 Å². The predicted molar refractivity (Wildman–Crippen MR) is 88.8 cm³/mol. The standard InChI is InChI=1S/C16H27N3O3/c1-12(11-20-2)19-16(17)18-9-5-6-13-7-8-14(21-3)15(10-13)22-4/h7-8,10,12H,5-6,9,11H2,1-4H3,(H3,17,18,19). The molecule has 0 aliphatic carbocycles. The van der Waals surface area contributed by atoms with E-state index in [0.717, 1.165) is 24.3 Å². The lowest BCUT2D eigenvalue weighted by Gasteiger charge is -2.13. The molecule has 0 fully saturated rings. The van der Waals surface area contributed by atoms with Gasteiger partial charge in [0.25, 0.3) is 0 Å². The van der Waals surface area contributed by atoms with Crippen LogP contribution in [0.5, 0.6) is 11.5 Å². The highest BCUT2D eigenvalue weighted by Gasteiger charge is 2.04. The van der Waals surface area contributed by atoms with Crippen LogP contribution in [0.3, 0.4) is 0 Å². The smallest absolute Gasteiger partial charge is 0.188 e. The number of benzene rings is 1. The lowest BCUT2D eigenvalue weighted by atomic mass is 10.1. The first-order valence-corrected chi connectivity index (χ1v) is 7.37. The fraction of sp³-hybridized carbons (Fsp3) is 0.562. The fourth-order valence-electron chi connectivity index (χ4n) is 2.11. The van der Waals surface area contributed by atoms with Gasteiger partial charge in [-0.1, -0.05) is 6.07 Å². The molecule has 6 heteroatoms. The number of hydrogen-bond acceptors (Lipinski definition) is 4. The first-order chi connectivity index (χ1) is 10.6. The van der Waals surface area contributed by atoms with Crippen LogP contribution in [0.2, 0.25) is 0 Å². The molecule has 124 valence electrons. The summed E-state index contributed by atoms with van der Waals surface area (Å²) < 4.78 is 15.6. The van der Waals surface area contributed by atoms with Crippen LogP contribution in [-0.4, -0.2) is 46.5 Å². The van der Waals surface area contributed by atoms with Gasteiger partial charge in [-0.25, -0.2) is 0 Å². The van der Waals surface area contributed by atoms with Crippen LogP contribution in [0.15, 0.2) is 23.2 Å². The van der Waals surface area contributed by atoms with Crippen molar-refractivity contribution in [1.82, 2.24) is 5.32 Å². The van der Waals surface area contributed by atoms with Crippen LogP contribution in [0.4, 0.5) is 0 Å². The number of nitrogens with two attached hydrogens (primary N) is 1. The van der Waals surface area contributed by atoms with Crippen molar-refractivity contribution < 1.29 is 14.2 Å². The van der Waals surface area contributed by atoms with Crippen LogP contribution in [0, 0.1) is 0 Å². The van der Waals surface area contributed by atoms with E-state index in [1.807, 2.05) is 25.1 Å². The van der Waals surface area contributed by atoms with E-state index in [2.05, 4.69) is 10.3 Å². The van der Waals surface area contributed by atoms with Crippen molar-refractivity contribution in [2.75, 3.05) is 34.5 Å². The molecule has 0 bridgehead atoms. The predicted octanol–water partition coefficient (Wildman–Crippen LogP) is 1.58. The first-order valence-electron chi connectivity index (χ1n) is 7.37. The number of guanidine groups is 1. The van der Waals surface area contributed by atoms with Crippen LogP contribution in [0.25, 0.3) is 0 Å². The molecular formula is C16H27N3O3. The van der Waals surface area contributed by atoms with Crippen molar-refractivity contribution in [3.05, 3.63) is 23.8 Å². The highest BCUT2D eigenvalue weighted by Crippen LogP contribution is 2.27. The normalized spacial score (nSPS) is 12.8. The van der Waals surface area contributed by atoms with E-state index in [9.17, 15) is 0 Å². The fourth-order valence-corrected chi connectivity index (χ4v) is 2.11. The van der Waals surface area contributed by atoms with E-state index in [-0.39, 0.29) is 6.04 Å². The Morgan fingerprint density at radius 1 is 1.23 bits per heavy atom. The Morgan fingerprint density at radius 3 is 2.59 bits per heavy atom. The Hall–Kier alpha value is -1.95. The van der Waals surface area contributed by atoms with Gasteiger partial charge in [-0.2, -0.15) is 0 Å². The maximum Gasteiger partial charge on any atom is 0.188 e. The van der Waals surface area contributed by atoms with Crippen LogP contribution < -0.4 is 20.5 Å². The van der Waals surface area contributed by atoms with E-state index in [0.29, 0.717) is 19.1 Å². The van der Waals surface area contributed by atoms with Gasteiger partial charge in [0.05, 0.1) is 20.8 Å². The van der Waals surface area contributed by atoms with E-state index in [1.165, 1.54) is 5.56 Å². The zero-order valence-electron chi connectivity index (χ0n) is 13.9. The number of rotatable bonds is 9. The lowest BCUT2D eigenvalue weighted by Crippen LogP contribution is -2.40. The maximum atomic E-state index is 5.81. The largest absolute Gasteiger partial charge is 0.493 e. The van der Waals surface area contributed by atoms with Crippen LogP contribution in [-0.2, 0) is 11.2 Å². The molecule has 1 rings (SSSR count). The third-order valence-electron chi connectivity index (χ3n) is 3.16. The van der Waals surface area contributed by atoms with Gasteiger partial charge in [0.2, 0.25) is 0 Å². The second kappa shape index (κ2) is 9.89. The Bertz CT molecular complexity index is 478. The molecule has 3 N–H and O–H groups in total. The zero-order chi connectivity index (χ0) is 16.4. The third kappa shape index (κ3) is 6.22. The monoisotopic (exact) mass is 309 g/mol. The number of nitrogens with one attached hydrogen (secondary N) is 1. The van der Waals surface area contributed by atoms with Gasteiger partial charge >= 0.3 is 0 Å². The molecule has 6 nitrogen and oxygen atoms in total. The number of aliphatic imine (C=N–C) groups is 1. The van der Waals surface area contributed by atoms with E-state index >= 15 is 0 Å². The molecule has 1 atom stereocenters. The molecule has 1 unspecified atom stereocenters. The average molecular weight is 309 g/mol. The maximum absolute atomic E-state index is 5.81. The molecule has 0 aromatic heterocycles. The van der Waals surface area contributed by atoms with Gasteiger partial charge in [-0.15, -0.1) is 0 Å². The summed E-state index contributed by atoms with van der Waals surface area (Å²) in [7, 11) is 4.93. The summed E-state index contributed by atoms with van der Waals surface area (Å²) in [4.78, 5) is 4.31. The minimum atomic E-state index is 0.152. The highest BCUT2D eigenvalue weighted by atomic mass is 16.5. The van der Waals surface area contributed by atoms with Crippen LogP contribution >= 0.6 is 0 Å². The quantitative estimate of drug-likeness (QED) is 0.411. The van der Waals surface area contributed by atoms with E-state index in [4.69, 9.17) is 19.9 Å². The van der Waals surface area contributed by atoms with Crippen LogP contribution in [0.1, 0.15) is 18.9 Å². The summed E-state index contributed by atoms with van der Waals surface area (Å²) >= 11 is 0. The number of hydrogen-bond donors (Lipinski definition) is 2. The molecule has 1 aromatic carbocycles. The van der Waals surface area contributed by atoms with E-state index < -0.39 is 0 Å². The summed E-state index contributed by atoms with van der Waals surface area (Å²) in [5.74, 6) is 1.94. The van der Waals surface area contributed by atoms with Crippen molar-refractivity contribution in [3.63, 3.8) is 0 Å². The number of methoxy groups -OCH3 is 3. The lowest BCUT2D eigenvalue weighted by molar-refractivity contribution is 0.179. The van der Waals surface area contributed by atoms with Gasteiger partial charge in [0.1, 0.15) is 0 Å². The molecular weight excluding hydrogens is 282 g/mol. The first kappa shape index (κ1) is 18.1. The third-order valence-corrected chi connectivity index (χ3v) is 3.16. The molecule has 0 amide bonds. The summed E-state index contributed by atoms with van der Waals surface area (Å²) in [5.41, 5.74) is 7.00. The van der Waals surface area contributed by atoms with Gasteiger partial charge in [-0.3, -0.25) is 4.99 Å². The second-order valence-electron chi connectivity index (χ2n) is 5.06. The Balaban J connectivity index is 2.41. The summed E-state index contributed by atoms with van der Waals surface area (Å²) in [5, 5.41) is 3.08. The highest BCUT2D eigenvalue weighted by molar-refractivity contribution is 5.78. The second-order valence-corrected chi connectivity index (χ2v) is 5.06. The zero-order valence-corrected chi connectivity index (χ0v) is 13.9. The number of ether oxygens (including phenoxy) is 3. The van der Waals surface area contributed by atoms with Gasteiger partial charge < -0.3 is 25.3 Å². The number of aryl methyl sites for hydroxylation is 1. The average Bonchev–Trinajstić information content (AvgIpc) is 2.51. The van der Waals surface area contributed by atoms with Crippen molar-refractivity contribution >= 4 is 5.96 Å². The molecule has 0 saturated heterocycles. The summed E-state index contributed by atoms with van der Waals surface area (Å²) in [6, 6.07) is 6.09. The molecule has 0 radical (unpaired) electrons. The molecule has 1 aromatic rings. The Labute approximate surface area is 132 Å². The van der Waals surface area contributed by atoms with Crippen molar-refractivity contribution in [2.45, 2.75) is 25.8 Å². The Kier molecular flexibility index (Phi) is 8.14. The van der Waals surface area contributed by atoms with Gasteiger partial charge in [-0.05, 0) is 37.5 Å². The molecule has 22 heavy (non-hydrogen) atoms. The molecule has 0 aliphatic heterocycles. The molecule has 0 heterocycles. The SMILES string of the molecule is COCC(C)NC(N)=NCCCc1ccc(OC)c(OC)c1. The minimum absolute atomic E-state index is 0.152. The van der Waals surface area contributed by atoms with Crippen molar-refractivity contribution in [1.29, 1.82) is 0 Å². The van der Waals surface area contributed by atoms with Gasteiger partial charge in [0.15, 0.2) is 17.5 Å². The Morgan fingerprint density at radius 2 is 1.95 bits per heavy atom. The summed E-state index contributed by atoms with van der Waals surface area (Å²) in [6.45, 7) is 3.27.